The van der Waals surface area contributed by atoms with Crippen molar-refractivity contribution >= 4 is 40.6 Å². The van der Waals surface area contributed by atoms with Crippen molar-refractivity contribution in [2.24, 2.45) is 5.92 Å². The molecular formula is C21H20N4O2S2. The van der Waals surface area contributed by atoms with Crippen molar-refractivity contribution in [3.8, 4) is 0 Å². The lowest BCUT2D eigenvalue weighted by Crippen LogP contribution is -2.43. The Labute approximate surface area is 177 Å². The van der Waals surface area contributed by atoms with Crippen LogP contribution in [0.3, 0.4) is 0 Å². The summed E-state index contributed by atoms with van der Waals surface area (Å²) in [6.45, 7) is 1.14. The van der Waals surface area contributed by atoms with Crippen LogP contribution in [0.25, 0.3) is 0 Å². The van der Waals surface area contributed by atoms with E-state index >= 15 is 0 Å². The van der Waals surface area contributed by atoms with Crippen LogP contribution < -0.4 is 5.32 Å². The van der Waals surface area contributed by atoms with Gasteiger partial charge in [-0.3, -0.25) is 9.59 Å². The fourth-order valence-electron chi connectivity index (χ4n) is 3.23. The maximum atomic E-state index is 12.8. The lowest BCUT2D eigenvalue weighted by atomic mass is 9.97. The second-order valence-corrected chi connectivity index (χ2v) is 8.70. The first-order chi connectivity index (χ1) is 14.2. The smallest absolute Gasteiger partial charge is 0.263 e. The van der Waals surface area contributed by atoms with Gasteiger partial charge in [0.1, 0.15) is 10.1 Å². The highest BCUT2D eigenvalue weighted by Gasteiger charge is 2.29. The second kappa shape index (κ2) is 9.19. The Morgan fingerprint density at radius 2 is 2.00 bits per heavy atom. The number of rotatable bonds is 5. The molecule has 0 radical (unpaired) electrons. The molecule has 1 fully saturated rings. The van der Waals surface area contributed by atoms with E-state index in [1.54, 1.807) is 23.4 Å². The summed E-state index contributed by atoms with van der Waals surface area (Å²) in [5.74, 6) is -0.267. The largest absolute Gasteiger partial charge is 0.337 e. The van der Waals surface area contributed by atoms with Crippen LogP contribution in [0.1, 0.15) is 22.5 Å². The molecule has 29 heavy (non-hydrogen) atoms. The summed E-state index contributed by atoms with van der Waals surface area (Å²) in [6.07, 6.45) is 5.02. The number of nitrogens with one attached hydrogen (secondary N) is 1. The van der Waals surface area contributed by atoms with Crippen molar-refractivity contribution in [3.05, 3.63) is 65.1 Å². The highest BCUT2D eigenvalue weighted by Crippen LogP contribution is 2.26. The van der Waals surface area contributed by atoms with Gasteiger partial charge in [-0.25, -0.2) is 9.97 Å². The molecule has 3 aromatic rings. The van der Waals surface area contributed by atoms with Crippen molar-refractivity contribution in [2.75, 3.05) is 18.4 Å². The molecule has 1 saturated heterocycles. The third-order valence-electron chi connectivity index (χ3n) is 4.66. The van der Waals surface area contributed by atoms with Crippen molar-refractivity contribution < 1.29 is 9.59 Å². The van der Waals surface area contributed by atoms with Crippen LogP contribution in [0.15, 0.2) is 70.3 Å². The first-order valence-corrected chi connectivity index (χ1v) is 11.1. The van der Waals surface area contributed by atoms with Crippen molar-refractivity contribution in [2.45, 2.75) is 22.9 Å². The summed E-state index contributed by atoms with van der Waals surface area (Å²) in [4.78, 5) is 36.5. The van der Waals surface area contributed by atoms with Gasteiger partial charge >= 0.3 is 0 Å². The molecule has 0 aliphatic carbocycles. The van der Waals surface area contributed by atoms with Crippen LogP contribution in [-0.2, 0) is 4.79 Å². The molecule has 0 bridgehead atoms. The number of hydrogen-bond donors (Lipinski definition) is 1. The minimum absolute atomic E-state index is 0.00968. The Morgan fingerprint density at radius 3 is 2.79 bits per heavy atom. The van der Waals surface area contributed by atoms with Crippen LogP contribution >= 0.6 is 23.1 Å². The van der Waals surface area contributed by atoms with E-state index in [9.17, 15) is 9.59 Å². The molecule has 6 nitrogen and oxygen atoms in total. The van der Waals surface area contributed by atoms with Gasteiger partial charge < -0.3 is 10.2 Å². The number of nitrogens with zero attached hydrogens (tertiary/aromatic N) is 3. The van der Waals surface area contributed by atoms with E-state index in [0.717, 1.165) is 27.8 Å². The molecule has 1 atom stereocenters. The minimum Gasteiger partial charge on any atom is -0.337 e. The predicted octanol–water partition coefficient (Wildman–Crippen LogP) is 4.18. The van der Waals surface area contributed by atoms with Crippen molar-refractivity contribution in [1.29, 1.82) is 0 Å². The van der Waals surface area contributed by atoms with Gasteiger partial charge in [-0.1, -0.05) is 23.9 Å². The van der Waals surface area contributed by atoms with Gasteiger partial charge in [0.2, 0.25) is 5.91 Å². The van der Waals surface area contributed by atoms with Gasteiger partial charge in [0.15, 0.2) is 0 Å². The van der Waals surface area contributed by atoms with Crippen LogP contribution in [0.5, 0.6) is 0 Å². The molecule has 4 rings (SSSR count). The first kappa shape index (κ1) is 19.6. The van der Waals surface area contributed by atoms with E-state index in [0.29, 0.717) is 18.8 Å². The molecule has 8 heteroatoms. The molecule has 0 saturated carbocycles. The number of anilines is 1. The Hall–Kier alpha value is -2.71. The zero-order valence-electron chi connectivity index (χ0n) is 15.7. The first-order valence-electron chi connectivity index (χ1n) is 9.37. The van der Waals surface area contributed by atoms with Gasteiger partial charge in [0.05, 0.1) is 10.8 Å². The van der Waals surface area contributed by atoms with E-state index in [4.69, 9.17) is 0 Å². The molecule has 1 aliphatic rings. The Bertz CT molecular complexity index is 979. The maximum absolute atomic E-state index is 12.8. The van der Waals surface area contributed by atoms with Crippen LogP contribution in [0.2, 0.25) is 0 Å². The average Bonchev–Trinajstić information content (AvgIpc) is 3.29. The number of aromatic nitrogens is 2. The highest BCUT2D eigenvalue weighted by molar-refractivity contribution is 7.99. The number of pyridine rings is 2. The summed E-state index contributed by atoms with van der Waals surface area (Å²) in [5.41, 5.74) is 0.699. The molecule has 0 aromatic carbocycles. The Kier molecular flexibility index (Phi) is 6.21. The van der Waals surface area contributed by atoms with E-state index in [1.165, 1.54) is 23.1 Å². The van der Waals surface area contributed by atoms with E-state index in [2.05, 4.69) is 15.3 Å². The molecule has 3 aromatic heterocycles. The number of amides is 2. The third-order valence-corrected chi connectivity index (χ3v) is 6.40. The van der Waals surface area contributed by atoms with E-state index in [1.807, 2.05) is 41.8 Å². The van der Waals surface area contributed by atoms with Gasteiger partial charge in [-0.15, -0.1) is 11.3 Å². The standard InChI is InChI=1S/C21H20N4O2S2/c26-20(15-5-3-11-25(14-15)21(27)17-6-4-12-28-17)24-16-8-10-23-19(13-16)29-18-7-1-2-9-22-18/h1-2,4,6-10,12-13,15H,3,5,11,14H2,(H,23,24,26). The molecule has 2 amide bonds. The van der Waals surface area contributed by atoms with E-state index < -0.39 is 0 Å². The SMILES string of the molecule is O=C(Nc1ccnc(Sc2ccccn2)c1)C1CCCN(C(=O)c2cccs2)C1. The van der Waals surface area contributed by atoms with Gasteiger partial charge in [0, 0.05) is 31.2 Å². The predicted molar refractivity (Wildman–Crippen MR) is 114 cm³/mol. The molecule has 1 aliphatic heterocycles. The highest BCUT2D eigenvalue weighted by atomic mass is 32.2. The summed E-state index contributed by atoms with van der Waals surface area (Å²) >= 11 is 2.87. The monoisotopic (exact) mass is 424 g/mol. The van der Waals surface area contributed by atoms with Gasteiger partial charge in [-0.05, 0) is 48.6 Å². The van der Waals surface area contributed by atoms with Gasteiger partial charge in [0.25, 0.3) is 5.91 Å². The second-order valence-electron chi connectivity index (χ2n) is 6.71. The maximum Gasteiger partial charge on any atom is 0.263 e. The summed E-state index contributed by atoms with van der Waals surface area (Å²) < 4.78 is 0. The summed E-state index contributed by atoms with van der Waals surface area (Å²) in [7, 11) is 0. The third kappa shape index (κ3) is 5.02. The molecule has 0 spiro atoms. The fourth-order valence-corrected chi connectivity index (χ4v) is 4.70. The molecule has 4 heterocycles. The molecule has 148 valence electrons. The summed E-state index contributed by atoms with van der Waals surface area (Å²) in [6, 6.07) is 13.0. The number of thiophene rings is 1. The van der Waals surface area contributed by atoms with Gasteiger partial charge in [-0.2, -0.15) is 0 Å². The topological polar surface area (TPSA) is 75.2 Å². The lowest BCUT2D eigenvalue weighted by Gasteiger charge is -2.31. The molecule has 1 N–H and O–H groups in total. The number of likely N-dealkylation sites (tertiary alicyclic amines) is 1. The van der Waals surface area contributed by atoms with Crippen molar-refractivity contribution in [1.82, 2.24) is 14.9 Å². The Morgan fingerprint density at radius 1 is 1.10 bits per heavy atom. The van der Waals surface area contributed by atoms with Crippen LogP contribution in [0.4, 0.5) is 5.69 Å². The van der Waals surface area contributed by atoms with Crippen LogP contribution in [0, 0.1) is 5.92 Å². The van der Waals surface area contributed by atoms with Crippen LogP contribution in [-0.4, -0.2) is 39.8 Å². The van der Waals surface area contributed by atoms with Crippen molar-refractivity contribution in [3.63, 3.8) is 0 Å². The van der Waals surface area contributed by atoms with E-state index in [-0.39, 0.29) is 17.7 Å². The summed E-state index contributed by atoms with van der Waals surface area (Å²) in [5, 5.41) is 6.49. The number of carbonyl (C=O) groups excluding carboxylic acids is 2. The lowest BCUT2D eigenvalue weighted by molar-refractivity contribution is -0.121. The Balaban J connectivity index is 1.38. The molecular weight excluding hydrogens is 404 g/mol. The quantitative estimate of drug-likeness (QED) is 0.665. The fraction of sp³-hybridized carbons (Fsp3) is 0.238. The number of hydrogen-bond acceptors (Lipinski definition) is 6. The minimum atomic E-state index is -0.215. The number of carbonyl (C=O) groups is 2. The normalized spacial score (nSPS) is 16.4. The zero-order chi connectivity index (χ0) is 20.1. The number of piperidine rings is 1. The molecule has 1 unspecified atom stereocenters. The zero-order valence-corrected chi connectivity index (χ0v) is 17.3. The average molecular weight is 425 g/mol.